The monoisotopic (exact) mass is 225 g/mol. The largest absolute Gasteiger partial charge is 0.258 e. The third-order valence-electron chi connectivity index (χ3n) is 1.78. The molecule has 0 fully saturated rings. The Labute approximate surface area is 90.9 Å². The second kappa shape index (κ2) is 4.02. The zero-order chi connectivity index (χ0) is 9.97. The summed E-state index contributed by atoms with van der Waals surface area (Å²) in [7, 11) is 0. The Hall–Kier alpha value is -1.00. The minimum absolute atomic E-state index is 0.677. The summed E-state index contributed by atoms with van der Waals surface area (Å²) in [5, 5.41) is 8.27. The van der Waals surface area contributed by atoms with Crippen LogP contribution in [-0.4, -0.2) is 21.4 Å². The Kier molecular flexibility index (Phi) is 2.74. The van der Waals surface area contributed by atoms with Crippen molar-refractivity contribution >= 4 is 23.4 Å². The fraction of sp³-hybridized carbons (Fsp3) is 0.111. The van der Waals surface area contributed by atoms with E-state index in [1.807, 2.05) is 30.5 Å². The molecule has 0 unspecified atom stereocenters. The third kappa shape index (κ3) is 1.76. The van der Waals surface area contributed by atoms with Crippen molar-refractivity contribution in [2.24, 2.45) is 0 Å². The summed E-state index contributed by atoms with van der Waals surface area (Å²) in [5.41, 5.74) is 0.877. The lowest BCUT2D eigenvalue weighted by atomic mass is 10.2. The van der Waals surface area contributed by atoms with Crippen LogP contribution in [0.5, 0.6) is 0 Å². The average molecular weight is 226 g/mol. The van der Waals surface area contributed by atoms with E-state index in [-0.39, 0.29) is 0 Å². The van der Waals surface area contributed by atoms with Crippen LogP contribution >= 0.6 is 23.4 Å². The molecule has 2 aromatic rings. The highest BCUT2D eigenvalue weighted by molar-refractivity contribution is 7.98. The van der Waals surface area contributed by atoms with Crippen molar-refractivity contribution in [3.8, 4) is 11.4 Å². The Morgan fingerprint density at radius 2 is 2.14 bits per heavy atom. The molecule has 0 bridgehead atoms. The van der Waals surface area contributed by atoms with Crippen LogP contribution in [0.1, 0.15) is 0 Å². The summed E-state index contributed by atoms with van der Waals surface area (Å²) in [6.07, 6.45) is 1.93. The molecule has 0 aliphatic carbocycles. The zero-order valence-corrected chi connectivity index (χ0v) is 9.06. The molecule has 2 rings (SSSR count). The quantitative estimate of drug-likeness (QED) is 0.800. The minimum Gasteiger partial charge on any atom is -0.258 e. The van der Waals surface area contributed by atoms with Crippen LogP contribution in [0, 0.1) is 0 Å². The molecule has 1 heterocycles. The molecule has 0 spiro atoms. The van der Waals surface area contributed by atoms with Gasteiger partial charge in [-0.3, -0.25) is 5.10 Å². The molecular weight excluding hydrogens is 218 g/mol. The highest BCUT2D eigenvalue weighted by atomic mass is 35.5. The number of aromatic nitrogens is 3. The van der Waals surface area contributed by atoms with Crippen LogP contribution in [0.4, 0.5) is 0 Å². The maximum Gasteiger partial charge on any atom is 0.208 e. The van der Waals surface area contributed by atoms with Gasteiger partial charge >= 0.3 is 0 Å². The number of thioether (sulfide) groups is 1. The summed E-state index contributed by atoms with van der Waals surface area (Å²) < 4.78 is 0. The van der Waals surface area contributed by atoms with Gasteiger partial charge in [0.2, 0.25) is 5.16 Å². The minimum atomic E-state index is 0.677. The van der Waals surface area contributed by atoms with E-state index >= 15 is 0 Å². The maximum absolute atomic E-state index is 6.02. The van der Waals surface area contributed by atoms with Crippen LogP contribution in [0.2, 0.25) is 5.02 Å². The van der Waals surface area contributed by atoms with E-state index in [2.05, 4.69) is 15.2 Å². The first kappa shape index (κ1) is 9.55. The average Bonchev–Trinajstić information content (AvgIpc) is 2.67. The van der Waals surface area contributed by atoms with Crippen molar-refractivity contribution < 1.29 is 0 Å². The predicted octanol–water partition coefficient (Wildman–Crippen LogP) is 2.85. The van der Waals surface area contributed by atoms with Gasteiger partial charge in [-0.05, 0) is 18.4 Å². The van der Waals surface area contributed by atoms with Crippen molar-refractivity contribution in [1.82, 2.24) is 15.2 Å². The maximum atomic E-state index is 6.02. The lowest BCUT2D eigenvalue weighted by Crippen LogP contribution is -1.81. The Morgan fingerprint density at radius 3 is 2.79 bits per heavy atom. The van der Waals surface area contributed by atoms with E-state index in [1.165, 1.54) is 11.8 Å². The van der Waals surface area contributed by atoms with Gasteiger partial charge in [0.1, 0.15) is 0 Å². The molecule has 0 aliphatic heterocycles. The number of aromatic amines is 1. The first-order valence-electron chi connectivity index (χ1n) is 4.02. The number of rotatable bonds is 2. The number of benzene rings is 1. The summed E-state index contributed by atoms with van der Waals surface area (Å²) in [5.74, 6) is 0.708. The summed E-state index contributed by atoms with van der Waals surface area (Å²) in [6, 6.07) is 7.55. The van der Waals surface area contributed by atoms with Crippen molar-refractivity contribution in [2.75, 3.05) is 6.26 Å². The molecule has 3 nitrogen and oxygen atoms in total. The molecular formula is C9H8ClN3S. The van der Waals surface area contributed by atoms with Crippen LogP contribution < -0.4 is 0 Å². The highest BCUT2D eigenvalue weighted by Gasteiger charge is 2.07. The normalized spacial score (nSPS) is 10.4. The van der Waals surface area contributed by atoms with Gasteiger partial charge in [-0.2, -0.15) is 0 Å². The molecule has 0 saturated carbocycles. The van der Waals surface area contributed by atoms with Crippen molar-refractivity contribution in [3.05, 3.63) is 29.3 Å². The number of H-pyrrole nitrogens is 1. The standard InChI is InChI=1S/C9H8ClN3S/c1-14-9-11-8(12-13-9)6-4-2-3-5-7(6)10/h2-5H,1H3,(H,11,12,13). The Bertz CT molecular complexity index is 441. The number of halogens is 1. The lowest BCUT2D eigenvalue weighted by molar-refractivity contribution is 0.976. The van der Waals surface area contributed by atoms with E-state index < -0.39 is 0 Å². The van der Waals surface area contributed by atoms with Gasteiger partial charge < -0.3 is 0 Å². The summed E-state index contributed by atoms with van der Waals surface area (Å²) in [4.78, 5) is 4.27. The first-order valence-corrected chi connectivity index (χ1v) is 5.63. The lowest BCUT2D eigenvalue weighted by Gasteiger charge is -1.97. The van der Waals surface area contributed by atoms with Gasteiger partial charge in [0, 0.05) is 5.56 Å². The molecule has 1 aromatic carbocycles. The van der Waals surface area contributed by atoms with E-state index in [4.69, 9.17) is 11.6 Å². The second-order valence-electron chi connectivity index (χ2n) is 2.65. The van der Waals surface area contributed by atoms with Crippen LogP contribution in [0.25, 0.3) is 11.4 Å². The van der Waals surface area contributed by atoms with Gasteiger partial charge in [-0.15, -0.1) is 5.10 Å². The SMILES string of the molecule is CSc1n[nH]c(-c2ccccc2Cl)n1. The van der Waals surface area contributed by atoms with E-state index in [0.717, 1.165) is 10.7 Å². The Morgan fingerprint density at radius 1 is 1.36 bits per heavy atom. The molecule has 5 heteroatoms. The highest BCUT2D eigenvalue weighted by Crippen LogP contribution is 2.25. The summed E-state index contributed by atoms with van der Waals surface area (Å²) in [6.45, 7) is 0. The van der Waals surface area contributed by atoms with E-state index in [0.29, 0.717) is 10.8 Å². The third-order valence-corrected chi connectivity index (χ3v) is 2.65. The van der Waals surface area contributed by atoms with Crippen LogP contribution in [-0.2, 0) is 0 Å². The first-order chi connectivity index (χ1) is 6.81. The molecule has 0 amide bonds. The molecule has 14 heavy (non-hydrogen) atoms. The zero-order valence-electron chi connectivity index (χ0n) is 7.49. The van der Waals surface area contributed by atoms with Gasteiger partial charge in [0.05, 0.1) is 5.02 Å². The number of hydrogen-bond donors (Lipinski definition) is 1. The van der Waals surface area contributed by atoms with Gasteiger partial charge in [-0.1, -0.05) is 35.5 Å². The second-order valence-corrected chi connectivity index (χ2v) is 3.83. The van der Waals surface area contributed by atoms with Gasteiger partial charge in [0.15, 0.2) is 5.82 Å². The van der Waals surface area contributed by atoms with E-state index in [1.54, 1.807) is 0 Å². The molecule has 0 radical (unpaired) electrons. The van der Waals surface area contributed by atoms with E-state index in [9.17, 15) is 0 Å². The fourth-order valence-electron chi connectivity index (χ4n) is 1.11. The van der Waals surface area contributed by atoms with Gasteiger partial charge in [0.25, 0.3) is 0 Å². The molecule has 72 valence electrons. The van der Waals surface area contributed by atoms with Crippen molar-refractivity contribution in [3.63, 3.8) is 0 Å². The molecule has 0 saturated heterocycles. The number of nitrogens with one attached hydrogen (secondary N) is 1. The fourth-order valence-corrected chi connectivity index (χ4v) is 1.66. The summed E-state index contributed by atoms with van der Waals surface area (Å²) >= 11 is 7.51. The topological polar surface area (TPSA) is 41.6 Å². The molecule has 0 aliphatic rings. The molecule has 0 atom stereocenters. The van der Waals surface area contributed by atoms with Crippen LogP contribution in [0.15, 0.2) is 29.4 Å². The molecule has 1 aromatic heterocycles. The van der Waals surface area contributed by atoms with Crippen molar-refractivity contribution in [2.45, 2.75) is 5.16 Å². The predicted molar refractivity (Wildman–Crippen MR) is 58.6 cm³/mol. The van der Waals surface area contributed by atoms with Crippen molar-refractivity contribution in [1.29, 1.82) is 0 Å². The van der Waals surface area contributed by atoms with Crippen LogP contribution in [0.3, 0.4) is 0 Å². The Balaban J connectivity index is 2.44. The number of hydrogen-bond acceptors (Lipinski definition) is 3. The number of nitrogens with zero attached hydrogens (tertiary/aromatic N) is 2. The van der Waals surface area contributed by atoms with Gasteiger partial charge in [-0.25, -0.2) is 4.98 Å². The molecule has 1 N–H and O–H groups in total. The smallest absolute Gasteiger partial charge is 0.208 e.